The highest BCUT2D eigenvalue weighted by molar-refractivity contribution is 5.89. The standard InChI is InChI=1S/C16H21FN4O2/c1-2-14(11-22)20-5-7-21(8-6-20)16(23)19-13-3-4-15(17)12(9-13)10-18/h3-4,9,14,22H,2,5-8,11H2,1H3,(H,19,23). The number of urea groups is 1. The van der Waals surface area contributed by atoms with Crippen molar-refractivity contribution in [3.05, 3.63) is 29.6 Å². The molecule has 1 unspecified atom stereocenters. The number of aliphatic hydroxyl groups excluding tert-OH is 1. The number of rotatable bonds is 4. The zero-order chi connectivity index (χ0) is 16.8. The number of nitriles is 1. The van der Waals surface area contributed by atoms with E-state index < -0.39 is 5.82 Å². The number of nitrogens with one attached hydrogen (secondary N) is 1. The molecule has 1 atom stereocenters. The normalized spacial score (nSPS) is 16.7. The maximum atomic E-state index is 13.3. The summed E-state index contributed by atoms with van der Waals surface area (Å²) in [4.78, 5) is 16.1. The third-order valence-corrected chi connectivity index (χ3v) is 4.14. The molecule has 1 heterocycles. The topological polar surface area (TPSA) is 79.6 Å². The van der Waals surface area contributed by atoms with Gasteiger partial charge in [0.2, 0.25) is 0 Å². The lowest BCUT2D eigenvalue weighted by Crippen LogP contribution is -2.53. The Bertz CT molecular complexity index is 590. The van der Waals surface area contributed by atoms with E-state index in [1.54, 1.807) is 11.0 Å². The van der Waals surface area contributed by atoms with Gasteiger partial charge >= 0.3 is 6.03 Å². The number of hydrogen-bond acceptors (Lipinski definition) is 4. The maximum Gasteiger partial charge on any atom is 0.321 e. The van der Waals surface area contributed by atoms with Crippen LogP contribution < -0.4 is 5.32 Å². The molecule has 1 aliphatic rings. The van der Waals surface area contributed by atoms with Crippen LogP contribution in [0.25, 0.3) is 0 Å². The molecule has 1 fully saturated rings. The number of benzene rings is 1. The third kappa shape index (κ3) is 4.18. The van der Waals surface area contributed by atoms with E-state index in [0.717, 1.165) is 6.42 Å². The van der Waals surface area contributed by atoms with Gasteiger partial charge in [-0.2, -0.15) is 5.26 Å². The molecule has 0 radical (unpaired) electrons. The van der Waals surface area contributed by atoms with Gasteiger partial charge in [-0.1, -0.05) is 6.92 Å². The Morgan fingerprint density at radius 2 is 2.13 bits per heavy atom. The Hall–Kier alpha value is -2.17. The highest BCUT2D eigenvalue weighted by Crippen LogP contribution is 2.15. The molecule has 0 bridgehead atoms. The Labute approximate surface area is 135 Å². The van der Waals surface area contributed by atoms with E-state index in [2.05, 4.69) is 10.2 Å². The van der Waals surface area contributed by atoms with Crippen LogP contribution in [0.3, 0.4) is 0 Å². The van der Waals surface area contributed by atoms with Gasteiger partial charge in [-0.25, -0.2) is 9.18 Å². The van der Waals surface area contributed by atoms with Crippen LogP contribution >= 0.6 is 0 Å². The smallest absolute Gasteiger partial charge is 0.321 e. The third-order valence-electron chi connectivity index (χ3n) is 4.14. The van der Waals surface area contributed by atoms with Crippen LogP contribution in [0.15, 0.2) is 18.2 Å². The second-order valence-corrected chi connectivity index (χ2v) is 5.50. The van der Waals surface area contributed by atoms with E-state index >= 15 is 0 Å². The van der Waals surface area contributed by atoms with Gasteiger partial charge in [-0.15, -0.1) is 0 Å². The number of halogens is 1. The predicted molar refractivity (Wildman–Crippen MR) is 84.4 cm³/mol. The van der Waals surface area contributed by atoms with E-state index in [0.29, 0.717) is 31.9 Å². The zero-order valence-electron chi connectivity index (χ0n) is 13.1. The zero-order valence-corrected chi connectivity index (χ0v) is 13.1. The fourth-order valence-corrected chi connectivity index (χ4v) is 2.68. The van der Waals surface area contributed by atoms with Crippen molar-refractivity contribution in [2.45, 2.75) is 19.4 Å². The first-order valence-corrected chi connectivity index (χ1v) is 7.69. The molecule has 1 aromatic carbocycles. The molecule has 0 saturated carbocycles. The van der Waals surface area contributed by atoms with E-state index in [4.69, 9.17) is 5.26 Å². The van der Waals surface area contributed by atoms with E-state index in [-0.39, 0.29) is 24.2 Å². The van der Waals surface area contributed by atoms with Crippen molar-refractivity contribution in [2.75, 3.05) is 38.1 Å². The van der Waals surface area contributed by atoms with Crippen LogP contribution in [-0.4, -0.2) is 59.8 Å². The summed E-state index contributed by atoms with van der Waals surface area (Å²) in [6.45, 7) is 4.69. The molecular formula is C16H21FN4O2. The van der Waals surface area contributed by atoms with Gasteiger partial charge in [0, 0.05) is 37.9 Å². The molecule has 0 spiro atoms. The first kappa shape index (κ1) is 17.2. The van der Waals surface area contributed by atoms with E-state index in [1.165, 1.54) is 18.2 Å². The monoisotopic (exact) mass is 320 g/mol. The minimum atomic E-state index is -0.603. The van der Waals surface area contributed by atoms with Crippen molar-refractivity contribution in [1.29, 1.82) is 5.26 Å². The summed E-state index contributed by atoms with van der Waals surface area (Å²) in [5.41, 5.74) is 0.304. The second-order valence-electron chi connectivity index (χ2n) is 5.50. The Kier molecular flexibility index (Phi) is 5.90. The van der Waals surface area contributed by atoms with Gasteiger partial charge in [0.1, 0.15) is 11.9 Å². The lowest BCUT2D eigenvalue weighted by Gasteiger charge is -2.38. The van der Waals surface area contributed by atoms with Crippen LogP contribution in [0.2, 0.25) is 0 Å². The van der Waals surface area contributed by atoms with Gasteiger partial charge < -0.3 is 15.3 Å². The Balaban J connectivity index is 1.92. The molecule has 0 aromatic heterocycles. The minimum Gasteiger partial charge on any atom is -0.395 e. The van der Waals surface area contributed by atoms with Crippen molar-refractivity contribution < 1.29 is 14.3 Å². The highest BCUT2D eigenvalue weighted by Gasteiger charge is 2.25. The van der Waals surface area contributed by atoms with Gasteiger partial charge in [-0.05, 0) is 24.6 Å². The molecule has 23 heavy (non-hydrogen) atoms. The number of carbonyl (C=O) groups excluding carboxylic acids is 1. The molecule has 2 N–H and O–H groups in total. The average Bonchev–Trinajstić information content (AvgIpc) is 2.58. The summed E-state index contributed by atoms with van der Waals surface area (Å²) in [6.07, 6.45) is 0.870. The van der Waals surface area contributed by atoms with Crippen molar-refractivity contribution in [1.82, 2.24) is 9.80 Å². The van der Waals surface area contributed by atoms with Crippen LogP contribution in [0.5, 0.6) is 0 Å². The fourth-order valence-electron chi connectivity index (χ4n) is 2.68. The summed E-state index contributed by atoms with van der Waals surface area (Å²) in [5, 5.41) is 20.8. The summed E-state index contributed by atoms with van der Waals surface area (Å²) >= 11 is 0. The quantitative estimate of drug-likeness (QED) is 0.883. The lowest BCUT2D eigenvalue weighted by molar-refractivity contribution is 0.0766. The number of aliphatic hydroxyl groups is 1. The summed E-state index contributed by atoms with van der Waals surface area (Å²) in [5.74, 6) is -0.603. The van der Waals surface area contributed by atoms with Crippen molar-refractivity contribution in [2.24, 2.45) is 0 Å². The number of carbonyl (C=O) groups is 1. The van der Waals surface area contributed by atoms with Crippen LogP contribution in [0.1, 0.15) is 18.9 Å². The highest BCUT2D eigenvalue weighted by atomic mass is 19.1. The maximum absolute atomic E-state index is 13.3. The van der Waals surface area contributed by atoms with E-state index in [9.17, 15) is 14.3 Å². The molecule has 2 rings (SSSR count). The molecule has 0 aliphatic carbocycles. The van der Waals surface area contributed by atoms with Gasteiger partial charge in [0.05, 0.1) is 12.2 Å². The number of anilines is 1. The number of piperazine rings is 1. The van der Waals surface area contributed by atoms with Crippen molar-refractivity contribution >= 4 is 11.7 Å². The van der Waals surface area contributed by atoms with Crippen LogP contribution in [-0.2, 0) is 0 Å². The second kappa shape index (κ2) is 7.90. The van der Waals surface area contributed by atoms with Gasteiger partial charge in [-0.3, -0.25) is 4.90 Å². The SMILES string of the molecule is CCC(CO)N1CCN(C(=O)Nc2ccc(F)c(C#N)c2)CC1. The van der Waals surface area contributed by atoms with Crippen LogP contribution in [0.4, 0.5) is 14.9 Å². The molecule has 2 amide bonds. The summed E-state index contributed by atoms with van der Waals surface area (Å²) in [7, 11) is 0. The number of amides is 2. The Morgan fingerprint density at radius 1 is 1.43 bits per heavy atom. The molecule has 6 nitrogen and oxygen atoms in total. The largest absolute Gasteiger partial charge is 0.395 e. The number of hydrogen-bond donors (Lipinski definition) is 2. The first-order chi connectivity index (χ1) is 11.1. The molecule has 1 saturated heterocycles. The van der Waals surface area contributed by atoms with Gasteiger partial charge in [0.15, 0.2) is 0 Å². The summed E-state index contributed by atoms with van der Waals surface area (Å²) < 4.78 is 13.3. The fraction of sp³-hybridized carbons (Fsp3) is 0.500. The van der Waals surface area contributed by atoms with Crippen molar-refractivity contribution in [3.63, 3.8) is 0 Å². The van der Waals surface area contributed by atoms with Crippen LogP contribution in [0, 0.1) is 17.1 Å². The molecule has 1 aliphatic heterocycles. The molecular weight excluding hydrogens is 299 g/mol. The number of nitrogens with zero attached hydrogens (tertiary/aromatic N) is 3. The molecule has 1 aromatic rings. The minimum absolute atomic E-state index is 0.0960. The van der Waals surface area contributed by atoms with Gasteiger partial charge in [0.25, 0.3) is 0 Å². The average molecular weight is 320 g/mol. The van der Waals surface area contributed by atoms with Crippen molar-refractivity contribution in [3.8, 4) is 6.07 Å². The predicted octanol–water partition coefficient (Wildman–Crippen LogP) is 1.62. The Morgan fingerprint density at radius 3 is 2.70 bits per heavy atom. The molecule has 124 valence electrons. The van der Waals surface area contributed by atoms with E-state index in [1.807, 2.05) is 6.92 Å². The molecule has 7 heteroatoms. The summed E-state index contributed by atoms with van der Waals surface area (Å²) in [6, 6.07) is 5.54. The first-order valence-electron chi connectivity index (χ1n) is 7.69. The lowest BCUT2D eigenvalue weighted by atomic mass is 10.1.